The lowest BCUT2D eigenvalue weighted by atomic mass is 9.81. The lowest BCUT2D eigenvalue weighted by molar-refractivity contribution is -0.125. The van der Waals surface area contributed by atoms with Gasteiger partial charge in [-0.1, -0.05) is 38.5 Å². The summed E-state index contributed by atoms with van der Waals surface area (Å²) < 4.78 is 0. The molecule has 104 valence electrons. The maximum Gasteiger partial charge on any atom is 0.231 e. The molecular formula is C16H24N2O. The number of anilines is 1. The summed E-state index contributed by atoms with van der Waals surface area (Å²) in [5.74, 6) is 0.181. The number of aryl methyl sites for hydroxylation is 1. The number of hydrogen-bond donors (Lipinski definition) is 2. The smallest absolute Gasteiger partial charge is 0.231 e. The van der Waals surface area contributed by atoms with E-state index < -0.39 is 0 Å². The van der Waals surface area contributed by atoms with Crippen LogP contribution in [0.2, 0.25) is 0 Å². The van der Waals surface area contributed by atoms with Crippen LogP contribution in [0.15, 0.2) is 24.3 Å². The van der Waals surface area contributed by atoms with Gasteiger partial charge in [0.25, 0.3) is 0 Å². The number of carbonyl (C=O) groups excluding carboxylic acids is 1. The molecule has 1 aliphatic rings. The molecule has 1 aromatic carbocycles. The van der Waals surface area contributed by atoms with Crippen LogP contribution in [0.25, 0.3) is 0 Å². The fraction of sp³-hybridized carbons (Fsp3) is 0.562. The van der Waals surface area contributed by atoms with Crippen molar-refractivity contribution >= 4 is 11.6 Å². The molecule has 1 unspecified atom stereocenters. The molecule has 3 heteroatoms. The highest BCUT2D eigenvalue weighted by Gasteiger charge is 2.40. The Labute approximate surface area is 115 Å². The van der Waals surface area contributed by atoms with E-state index >= 15 is 0 Å². The van der Waals surface area contributed by atoms with Crippen molar-refractivity contribution in [2.45, 2.75) is 39.5 Å². The molecule has 0 aliphatic carbocycles. The van der Waals surface area contributed by atoms with Crippen LogP contribution < -0.4 is 10.6 Å². The summed E-state index contributed by atoms with van der Waals surface area (Å²) in [7, 11) is 0. The largest absolute Gasteiger partial charge is 0.325 e. The molecule has 0 spiro atoms. The second-order valence-electron chi connectivity index (χ2n) is 5.42. The summed E-state index contributed by atoms with van der Waals surface area (Å²) in [6.45, 7) is 6.01. The second-order valence-corrected chi connectivity index (χ2v) is 5.42. The quantitative estimate of drug-likeness (QED) is 0.854. The lowest BCUT2D eigenvalue weighted by Gasteiger charge is -2.27. The average molecular weight is 260 g/mol. The molecule has 2 N–H and O–H groups in total. The number of rotatable bonds is 5. The number of nitrogens with one attached hydrogen (secondary N) is 2. The summed E-state index contributed by atoms with van der Waals surface area (Å²) >= 11 is 0. The Morgan fingerprint density at radius 2 is 2.16 bits per heavy atom. The Morgan fingerprint density at radius 1 is 1.37 bits per heavy atom. The Hall–Kier alpha value is -1.35. The topological polar surface area (TPSA) is 41.1 Å². The van der Waals surface area contributed by atoms with Crippen molar-refractivity contribution in [3.05, 3.63) is 29.8 Å². The van der Waals surface area contributed by atoms with Crippen LogP contribution in [0.5, 0.6) is 0 Å². The molecule has 0 bridgehead atoms. The van der Waals surface area contributed by atoms with E-state index in [4.69, 9.17) is 0 Å². The van der Waals surface area contributed by atoms with Crippen LogP contribution in [-0.4, -0.2) is 19.0 Å². The number of amides is 1. The first kappa shape index (κ1) is 14.1. The Bertz CT molecular complexity index is 436. The van der Waals surface area contributed by atoms with E-state index in [0.717, 1.165) is 44.5 Å². The summed E-state index contributed by atoms with van der Waals surface area (Å²) in [5.41, 5.74) is 1.96. The van der Waals surface area contributed by atoms with Crippen LogP contribution in [0.1, 0.15) is 38.7 Å². The van der Waals surface area contributed by atoms with Gasteiger partial charge in [-0.15, -0.1) is 0 Å². The Balaban J connectivity index is 2.15. The first-order valence-electron chi connectivity index (χ1n) is 7.32. The summed E-state index contributed by atoms with van der Waals surface area (Å²) in [6.07, 6.45) is 3.89. The predicted octanol–water partition coefficient (Wildman–Crippen LogP) is 2.97. The molecule has 0 radical (unpaired) electrons. The van der Waals surface area contributed by atoms with Crippen molar-refractivity contribution in [1.82, 2.24) is 5.32 Å². The third kappa shape index (κ3) is 2.98. The van der Waals surface area contributed by atoms with E-state index in [1.165, 1.54) is 5.56 Å². The van der Waals surface area contributed by atoms with Crippen molar-refractivity contribution < 1.29 is 4.79 Å². The highest BCUT2D eigenvalue weighted by Crippen LogP contribution is 2.33. The van der Waals surface area contributed by atoms with Gasteiger partial charge in [0, 0.05) is 12.2 Å². The minimum Gasteiger partial charge on any atom is -0.325 e. The van der Waals surface area contributed by atoms with Crippen molar-refractivity contribution in [1.29, 1.82) is 0 Å². The standard InChI is InChI=1S/C16H24N2O/c1-3-9-16(10-11-17-12-16)15(19)18-14-8-6-5-7-13(14)4-2/h5-8,17H,3-4,9-12H2,1-2H3,(H,18,19). The monoisotopic (exact) mass is 260 g/mol. The number of hydrogen-bond acceptors (Lipinski definition) is 2. The first-order chi connectivity index (χ1) is 9.22. The maximum atomic E-state index is 12.6. The van der Waals surface area contributed by atoms with E-state index in [1.54, 1.807) is 0 Å². The number of carbonyl (C=O) groups is 1. The molecule has 3 nitrogen and oxygen atoms in total. The molecule has 1 saturated heterocycles. The van der Waals surface area contributed by atoms with Crippen LogP contribution in [0.4, 0.5) is 5.69 Å². The SMILES string of the molecule is CCCC1(C(=O)Nc2ccccc2CC)CCNC1. The molecular weight excluding hydrogens is 236 g/mol. The van der Waals surface area contributed by atoms with Crippen molar-refractivity contribution in [3.8, 4) is 0 Å². The molecule has 0 saturated carbocycles. The second kappa shape index (κ2) is 6.20. The molecule has 1 fully saturated rings. The third-order valence-corrected chi connectivity index (χ3v) is 4.10. The van der Waals surface area contributed by atoms with E-state index in [0.29, 0.717) is 0 Å². The van der Waals surface area contributed by atoms with Crippen molar-refractivity contribution in [3.63, 3.8) is 0 Å². The van der Waals surface area contributed by atoms with Gasteiger partial charge in [0.05, 0.1) is 5.41 Å². The minimum absolute atomic E-state index is 0.181. The maximum absolute atomic E-state index is 12.6. The number of benzene rings is 1. The van der Waals surface area contributed by atoms with Gasteiger partial charge >= 0.3 is 0 Å². The van der Waals surface area contributed by atoms with Crippen molar-refractivity contribution in [2.75, 3.05) is 18.4 Å². The molecule has 2 rings (SSSR count). The average Bonchev–Trinajstić information content (AvgIpc) is 2.90. The van der Waals surface area contributed by atoms with Crippen LogP contribution in [0.3, 0.4) is 0 Å². The van der Waals surface area contributed by atoms with E-state index in [1.807, 2.05) is 18.2 Å². The summed E-state index contributed by atoms with van der Waals surface area (Å²) in [5, 5.41) is 6.48. The zero-order chi connectivity index (χ0) is 13.7. The third-order valence-electron chi connectivity index (χ3n) is 4.10. The zero-order valence-corrected chi connectivity index (χ0v) is 12.0. The van der Waals surface area contributed by atoms with E-state index in [-0.39, 0.29) is 11.3 Å². The highest BCUT2D eigenvalue weighted by atomic mass is 16.2. The molecule has 0 aromatic heterocycles. The van der Waals surface area contributed by atoms with Gasteiger partial charge in [0.2, 0.25) is 5.91 Å². The van der Waals surface area contributed by atoms with Gasteiger partial charge in [-0.05, 0) is 37.4 Å². The minimum atomic E-state index is -0.213. The molecule has 1 aliphatic heterocycles. The van der Waals surface area contributed by atoms with E-state index in [2.05, 4.69) is 30.5 Å². The van der Waals surface area contributed by atoms with Gasteiger partial charge in [0.15, 0.2) is 0 Å². The fourth-order valence-corrected chi connectivity index (χ4v) is 2.95. The summed E-state index contributed by atoms with van der Waals surface area (Å²) in [4.78, 5) is 12.6. The van der Waals surface area contributed by atoms with Crippen LogP contribution in [0, 0.1) is 5.41 Å². The molecule has 19 heavy (non-hydrogen) atoms. The Kier molecular flexibility index (Phi) is 4.59. The molecule has 1 amide bonds. The fourth-order valence-electron chi connectivity index (χ4n) is 2.95. The molecule has 1 heterocycles. The summed E-state index contributed by atoms with van der Waals surface area (Å²) in [6, 6.07) is 8.08. The van der Waals surface area contributed by atoms with Gasteiger partial charge in [-0.25, -0.2) is 0 Å². The predicted molar refractivity (Wildman–Crippen MR) is 79.3 cm³/mol. The van der Waals surface area contributed by atoms with Crippen LogP contribution in [-0.2, 0) is 11.2 Å². The van der Waals surface area contributed by atoms with Gasteiger partial charge < -0.3 is 10.6 Å². The Morgan fingerprint density at radius 3 is 2.79 bits per heavy atom. The van der Waals surface area contributed by atoms with Gasteiger partial charge in [-0.3, -0.25) is 4.79 Å². The molecule has 1 aromatic rings. The molecule has 1 atom stereocenters. The van der Waals surface area contributed by atoms with E-state index in [9.17, 15) is 4.79 Å². The number of para-hydroxylation sites is 1. The van der Waals surface area contributed by atoms with Crippen molar-refractivity contribution in [2.24, 2.45) is 5.41 Å². The first-order valence-corrected chi connectivity index (χ1v) is 7.32. The zero-order valence-electron chi connectivity index (χ0n) is 12.0. The van der Waals surface area contributed by atoms with Gasteiger partial charge in [-0.2, -0.15) is 0 Å². The highest BCUT2D eigenvalue weighted by molar-refractivity contribution is 5.96. The lowest BCUT2D eigenvalue weighted by Crippen LogP contribution is -2.38. The van der Waals surface area contributed by atoms with Gasteiger partial charge in [0.1, 0.15) is 0 Å². The normalized spacial score (nSPS) is 22.4. The van der Waals surface area contributed by atoms with Crippen LogP contribution >= 0.6 is 0 Å².